The fourth-order valence-electron chi connectivity index (χ4n) is 2.64. The van der Waals surface area contributed by atoms with Gasteiger partial charge in [0.05, 0.1) is 0 Å². The van der Waals surface area contributed by atoms with Gasteiger partial charge in [-0.05, 0) is 36.6 Å². The fraction of sp³-hybridized carbons (Fsp3) is 0.182. The Hall–Kier alpha value is -2.94. The van der Waals surface area contributed by atoms with Gasteiger partial charge in [-0.3, -0.25) is 0 Å². The molecule has 3 aromatic carbocycles. The Balaban J connectivity index is 1.74. The van der Waals surface area contributed by atoms with Gasteiger partial charge in [-0.1, -0.05) is 60.7 Å². The normalized spacial score (nSPS) is 10.5. The molecule has 0 aliphatic carbocycles. The van der Waals surface area contributed by atoms with Gasteiger partial charge < -0.3 is 14.6 Å². The zero-order valence-electron chi connectivity index (χ0n) is 14.5. The summed E-state index contributed by atoms with van der Waals surface area (Å²) in [5, 5.41) is 10.5. The van der Waals surface area contributed by atoms with E-state index < -0.39 is 0 Å². The first kappa shape index (κ1) is 16.9. The van der Waals surface area contributed by atoms with Crippen LogP contribution in [0.4, 0.5) is 0 Å². The molecule has 3 heteroatoms. The van der Waals surface area contributed by atoms with Crippen LogP contribution in [0.2, 0.25) is 0 Å². The third-order valence-electron chi connectivity index (χ3n) is 4.11. The summed E-state index contributed by atoms with van der Waals surface area (Å²) in [6.07, 6.45) is 0. The van der Waals surface area contributed by atoms with Crippen molar-refractivity contribution in [3.05, 3.63) is 89.0 Å². The quantitative estimate of drug-likeness (QED) is 0.676. The van der Waals surface area contributed by atoms with E-state index in [-0.39, 0.29) is 5.75 Å². The molecule has 0 spiro atoms. The third-order valence-corrected chi connectivity index (χ3v) is 4.11. The van der Waals surface area contributed by atoms with Crippen molar-refractivity contribution in [1.29, 1.82) is 0 Å². The van der Waals surface area contributed by atoms with E-state index in [4.69, 9.17) is 9.47 Å². The average Bonchev–Trinajstić information content (AvgIpc) is 2.65. The summed E-state index contributed by atoms with van der Waals surface area (Å²) in [5.74, 6) is 1.32. The predicted molar refractivity (Wildman–Crippen MR) is 99.1 cm³/mol. The second-order valence-corrected chi connectivity index (χ2v) is 6.04. The minimum absolute atomic E-state index is 0.138. The van der Waals surface area contributed by atoms with E-state index in [1.54, 1.807) is 0 Å². The summed E-state index contributed by atoms with van der Waals surface area (Å²) in [4.78, 5) is 0. The summed E-state index contributed by atoms with van der Waals surface area (Å²) in [6.45, 7) is 4.63. The molecule has 0 fully saturated rings. The van der Waals surface area contributed by atoms with Crippen molar-refractivity contribution in [1.82, 2.24) is 0 Å². The molecule has 128 valence electrons. The van der Waals surface area contributed by atoms with Crippen LogP contribution in [-0.4, -0.2) is 5.11 Å². The highest BCUT2D eigenvalue weighted by Gasteiger charge is 2.15. The van der Waals surface area contributed by atoms with E-state index >= 15 is 0 Å². The third kappa shape index (κ3) is 4.13. The van der Waals surface area contributed by atoms with Gasteiger partial charge in [-0.2, -0.15) is 0 Å². The lowest BCUT2D eigenvalue weighted by Crippen LogP contribution is -2.01. The lowest BCUT2D eigenvalue weighted by Gasteiger charge is -2.17. The van der Waals surface area contributed by atoms with Crippen LogP contribution in [0.3, 0.4) is 0 Å². The van der Waals surface area contributed by atoms with Crippen LogP contribution in [0.15, 0.2) is 66.7 Å². The zero-order valence-corrected chi connectivity index (χ0v) is 14.5. The van der Waals surface area contributed by atoms with Crippen molar-refractivity contribution in [2.75, 3.05) is 0 Å². The fourth-order valence-corrected chi connectivity index (χ4v) is 2.64. The maximum absolute atomic E-state index is 10.5. The first-order chi connectivity index (χ1) is 12.1. The van der Waals surface area contributed by atoms with Gasteiger partial charge in [0, 0.05) is 5.56 Å². The highest BCUT2D eigenvalue weighted by Crippen LogP contribution is 2.39. The Morgan fingerprint density at radius 1 is 0.760 bits per heavy atom. The van der Waals surface area contributed by atoms with Gasteiger partial charge in [-0.25, -0.2) is 0 Å². The molecule has 0 aliphatic heterocycles. The lowest BCUT2D eigenvalue weighted by atomic mass is 10.1. The second kappa shape index (κ2) is 7.75. The molecule has 0 saturated heterocycles. The summed E-state index contributed by atoms with van der Waals surface area (Å²) in [5.41, 5.74) is 3.68. The maximum atomic E-state index is 10.5. The number of phenols is 1. The Morgan fingerprint density at radius 2 is 1.28 bits per heavy atom. The highest BCUT2D eigenvalue weighted by atomic mass is 16.5. The molecular formula is C22H22O3. The van der Waals surface area contributed by atoms with E-state index in [0.717, 1.165) is 16.7 Å². The number of aryl methyl sites for hydroxylation is 1. The smallest absolute Gasteiger partial charge is 0.164 e. The summed E-state index contributed by atoms with van der Waals surface area (Å²) in [7, 11) is 0. The number of benzene rings is 3. The number of ether oxygens (including phenoxy) is 2. The van der Waals surface area contributed by atoms with Gasteiger partial charge in [0.25, 0.3) is 0 Å². The number of aromatic hydroxyl groups is 1. The van der Waals surface area contributed by atoms with E-state index in [1.807, 2.05) is 80.6 Å². The number of hydrogen-bond donors (Lipinski definition) is 1. The molecule has 0 atom stereocenters. The first-order valence-corrected chi connectivity index (χ1v) is 8.32. The SMILES string of the molecule is Cc1cc(OCc2ccccc2)c(C)c(O)c1OCc1ccccc1. The van der Waals surface area contributed by atoms with Crippen molar-refractivity contribution in [2.24, 2.45) is 0 Å². The van der Waals surface area contributed by atoms with E-state index in [9.17, 15) is 5.11 Å². The summed E-state index contributed by atoms with van der Waals surface area (Å²) >= 11 is 0. The second-order valence-electron chi connectivity index (χ2n) is 6.04. The molecule has 0 radical (unpaired) electrons. The van der Waals surface area contributed by atoms with Crippen LogP contribution >= 0.6 is 0 Å². The Morgan fingerprint density at radius 3 is 1.84 bits per heavy atom. The molecule has 0 aliphatic rings. The highest BCUT2D eigenvalue weighted by molar-refractivity contribution is 5.56. The molecule has 25 heavy (non-hydrogen) atoms. The molecule has 3 rings (SSSR count). The van der Waals surface area contributed by atoms with Crippen molar-refractivity contribution < 1.29 is 14.6 Å². The molecule has 1 N–H and O–H groups in total. The van der Waals surface area contributed by atoms with E-state index in [2.05, 4.69) is 0 Å². The van der Waals surface area contributed by atoms with Crippen molar-refractivity contribution in [3.8, 4) is 17.2 Å². The monoisotopic (exact) mass is 334 g/mol. The van der Waals surface area contributed by atoms with Crippen LogP contribution < -0.4 is 9.47 Å². The Bertz CT molecular complexity index is 827. The minimum Gasteiger partial charge on any atom is -0.504 e. The average molecular weight is 334 g/mol. The van der Waals surface area contributed by atoms with Crippen LogP contribution in [0, 0.1) is 13.8 Å². The van der Waals surface area contributed by atoms with Crippen LogP contribution in [-0.2, 0) is 13.2 Å². The molecule has 0 heterocycles. The molecule has 3 aromatic rings. The van der Waals surface area contributed by atoms with Gasteiger partial charge in [0.1, 0.15) is 19.0 Å². The van der Waals surface area contributed by atoms with Gasteiger partial charge >= 0.3 is 0 Å². The summed E-state index contributed by atoms with van der Waals surface area (Å²) in [6, 6.07) is 21.8. The Kier molecular flexibility index (Phi) is 5.24. The molecule has 0 amide bonds. The zero-order chi connectivity index (χ0) is 17.6. The van der Waals surface area contributed by atoms with Crippen LogP contribution in [0.5, 0.6) is 17.2 Å². The molecular weight excluding hydrogens is 312 g/mol. The van der Waals surface area contributed by atoms with Gasteiger partial charge in [0.15, 0.2) is 11.5 Å². The number of phenolic OH excluding ortho intramolecular Hbond substituents is 1. The molecule has 0 bridgehead atoms. The predicted octanol–water partition coefficient (Wildman–Crippen LogP) is 5.17. The van der Waals surface area contributed by atoms with E-state index in [1.165, 1.54) is 0 Å². The first-order valence-electron chi connectivity index (χ1n) is 8.32. The van der Waals surface area contributed by atoms with E-state index in [0.29, 0.717) is 30.3 Å². The van der Waals surface area contributed by atoms with Crippen molar-refractivity contribution in [3.63, 3.8) is 0 Å². The molecule has 0 unspecified atom stereocenters. The molecule has 0 saturated carbocycles. The number of hydrogen-bond acceptors (Lipinski definition) is 3. The Labute approximate surface area is 148 Å². The molecule has 3 nitrogen and oxygen atoms in total. The van der Waals surface area contributed by atoms with Crippen LogP contribution in [0.25, 0.3) is 0 Å². The largest absolute Gasteiger partial charge is 0.504 e. The van der Waals surface area contributed by atoms with Gasteiger partial charge in [0.2, 0.25) is 0 Å². The van der Waals surface area contributed by atoms with Crippen molar-refractivity contribution >= 4 is 0 Å². The van der Waals surface area contributed by atoms with Gasteiger partial charge in [-0.15, -0.1) is 0 Å². The standard InChI is InChI=1S/C22H22O3/c1-16-13-20(24-14-18-9-5-3-6-10-18)17(2)21(23)22(16)25-15-19-11-7-4-8-12-19/h3-13,23H,14-15H2,1-2H3. The topological polar surface area (TPSA) is 38.7 Å². The minimum atomic E-state index is 0.138. The lowest BCUT2D eigenvalue weighted by molar-refractivity contribution is 0.278. The van der Waals surface area contributed by atoms with Crippen molar-refractivity contribution in [2.45, 2.75) is 27.1 Å². The molecule has 0 aromatic heterocycles. The number of rotatable bonds is 6. The van der Waals surface area contributed by atoms with Crippen LogP contribution in [0.1, 0.15) is 22.3 Å². The summed E-state index contributed by atoms with van der Waals surface area (Å²) < 4.78 is 11.7. The maximum Gasteiger partial charge on any atom is 0.164 e.